The second-order valence-electron chi connectivity index (χ2n) is 6.27. The van der Waals surface area contributed by atoms with Crippen molar-refractivity contribution < 1.29 is 40.0 Å². The Kier molecular flexibility index (Phi) is 5.47. The zero-order valence-electron chi connectivity index (χ0n) is 14.7. The first kappa shape index (κ1) is 21.6. The van der Waals surface area contributed by atoms with Gasteiger partial charge in [0, 0.05) is 31.1 Å². The van der Waals surface area contributed by atoms with E-state index in [1.165, 1.54) is 10.4 Å². The molecular weight excluding hydrogens is 445 g/mol. The summed E-state index contributed by atoms with van der Waals surface area (Å²) in [6, 6.07) is 3.05. The highest BCUT2D eigenvalue weighted by Gasteiger charge is 2.64. The third-order valence-corrected chi connectivity index (χ3v) is 6.66. The largest absolute Gasteiger partial charge is 0.459 e. The van der Waals surface area contributed by atoms with Crippen molar-refractivity contribution in [1.82, 2.24) is 4.31 Å². The number of anilines is 1. The van der Waals surface area contributed by atoms with E-state index in [0.29, 0.717) is 18.1 Å². The molecule has 160 valence electrons. The minimum absolute atomic E-state index is 0.241. The Balaban J connectivity index is 1.79. The molecule has 1 aromatic rings. The van der Waals surface area contributed by atoms with E-state index in [4.69, 9.17) is 0 Å². The van der Waals surface area contributed by atoms with E-state index in [1.807, 2.05) is 4.90 Å². The molecule has 3 heterocycles. The van der Waals surface area contributed by atoms with Gasteiger partial charge in [0.05, 0.1) is 16.8 Å². The van der Waals surface area contributed by atoms with Crippen LogP contribution in [-0.2, 0) is 19.7 Å². The molecule has 14 heteroatoms. The van der Waals surface area contributed by atoms with Crippen LogP contribution in [-0.4, -0.2) is 68.9 Å². The van der Waals surface area contributed by atoms with Gasteiger partial charge < -0.3 is 9.74 Å². The van der Waals surface area contributed by atoms with Crippen LogP contribution >= 0.6 is 11.3 Å². The van der Waals surface area contributed by atoms with Crippen LogP contribution in [0.25, 0.3) is 6.08 Å². The fraction of sp³-hybridized carbons (Fsp3) is 0.467. The Morgan fingerprint density at radius 3 is 2.31 bits per heavy atom. The van der Waals surface area contributed by atoms with Crippen molar-refractivity contribution >= 4 is 44.1 Å². The summed E-state index contributed by atoms with van der Waals surface area (Å²) >= 11 is 1.05. The molecule has 1 saturated heterocycles. The number of hydrogen-bond donors (Lipinski definition) is 0. The molecule has 0 radical (unpaired) electrons. The monoisotopic (exact) mass is 459 g/mol. The number of piperazine rings is 1. The summed E-state index contributed by atoms with van der Waals surface area (Å²) in [5.74, 6) is -6.74. The lowest BCUT2D eigenvalue weighted by atomic mass is 10.0. The second-order valence-corrected chi connectivity index (χ2v) is 9.35. The number of rotatable bonds is 4. The van der Waals surface area contributed by atoms with Crippen molar-refractivity contribution in [2.24, 2.45) is 5.16 Å². The number of halogens is 5. The predicted octanol–water partition coefficient (Wildman–Crippen LogP) is 2.32. The lowest BCUT2D eigenvalue weighted by molar-refractivity contribution is -0.249. The molecule has 0 unspecified atom stereocenters. The number of hydrogen-bond acceptors (Lipinski definition) is 7. The first-order valence-corrected chi connectivity index (χ1v) is 10.7. The Morgan fingerprint density at radius 1 is 1.14 bits per heavy atom. The van der Waals surface area contributed by atoms with Crippen molar-refractivity contribution in [3.05, 3.63) is 22.6 Å². The smallest absolute Gasteiger partial charge is 0.361 e. The number of oxime groups is 1. The normalized spacial score (nSPS) is 20.9. The SMILES string of the molecule is CS(=O)(=O)N1CCN(c2ccc(C=C3C(=O)ON=C3C(F)(F)C(F)(F)F)s2)CC1. The first-order valence-electron chi connectivity index (χ1n) is 8.07. The maximum atomic E-state index is 13.6. The molecule has 1 aromatic heterocycles. The molecule has 0 aliphatic carbocycles. The van der Waals surface area contributed by atoms with Gasteiger partial charge in [0.15, 0.2) is 5.71 Å². The van der Waals surface area contributed by atoms with Crippen LogP contribution in [0, 0.1) is 0 Å². The van der Waals surface area contributed by atoms with Gasteiger partial charge in [-0.2, -0.15) is 26.3 Å². The van der Waals surface area contributed by atoms with Gasteiger partial charge >= 0.3 is 18.1 Å². The molecule has 0 bridgehead atoms. The fourth-order valence-electron chi connectivity index (χ4n) is 2.74. The summed E-state index contributed by atoms with van der Waals surface area (Å²) in [5, 5.41) is 3.27. The lowest BCUT2D eigenvalue weighted by Gasteiger charge is -2.33. The van der Waals surface area contributed by atoms with E-state index in [9.17, 15) is 35.2 Å². The average molecular weight is 459 g/mol. The minimum atomic E-state index is -5.93. The quantitative estimate of drug-likeness (QED) is 0.392. The molecule has 29 heavy (non-hydrogen) atoms. The summed E-state index contributed by atoms with van der Waals surface area (Å²) in [6.07, 6.45) is -3.96. The van der Waals surface area contributed by atoms with Gasteiger partial charge in [-0.15, -0.1) is 11.3 Å². The van der Waals surface area contributed by atoms with Crippen molar-refractivity contribution in [1.29, 1.82) is 0 Å². The van der Waals surface area contributed by atoms with Gasteiger partial charge in [-0.1, -0.05) is 5.16 Å². The van der Waals surface area contributed by atoms with E-state index in [0.717, 1.165) is 23.7 Å². The van der Waals surface area contributed by atoms with E-state index in [-0.39, 0.29) is 18.0 Å². The number of sulfonamides is 1. The molecule has 7 nitrogen and oxygen atoms in total. The molecule has 2 aliphatic rings. The highest BCUT2D eigenvalue weighted by Crippen LogP contribution is 2.41. The third-order valence-electron chi connectivity index (χ3n) is 4.27. The standard InChI is InChI=1S/C15H14F5N3O4S2/c1-29(25,26)23-6-4-22(5-7-23)11-3-2-9(28-11)8-10-12(21-27-13(10)24)14(16,17)15(18,19)20/h2-3,8H,4-7H2,1H3. The molecule has 0 amide bonds. The number of carbonyl (C=O) groups excluding carboxylic acids is 1. The average Bonchev–Trinajstić information content (AvgIpc) is 3.21. The van der Waals surface area contributed by atoms with Gasteiger partial charge in [0.2, 0.25) is 10.0 Å². The van der Waals surface area contributed by atoms with Crippen LogP contribution < -0.4 is 4.90 Å². The second kappa shape index (κ2) is 7.32. The van der Waals surface area contributed by atoms with Crippen molar-refractivity contribution in [3.63, 3.8) is 0 Å². The van der Waals surface area contributed by atoms with Crippen LogP contribution in [0.1, 0.15) is 4.88 Å². The van der Waals surface area contributed by atoms with Crippen molar-refractivity contribution in [2.75, 3.05) is 37.3 Å². The zero-order valence-corrected chi connectivity index (χ0v) is 16.4. The molecular formula is C15H14F5N3O4S2. The van der Waals surface area contributed by atoms with E-state index in [2.05, 4.69) is 9.99 Å². The first-order chi connectivity index (χ1) is 13.3. The third kappa shape index (κ3) is 4.28. The van der Waals surface area contributed by atoms with Gasteiger partial charge in [-0.25, -0.2) is 13.2 Å². The summed E-state index contributed by atoms with van der Waals surface area (Å²) in [5.41, 5.74) is -2.76. The maximum Gasteiger partial charge on any atom is 0.459 e. The topological polar surface area (TPSA) is 79.3 Å². The molecule has 0 aromatic carbocycles. The Bertz CT molecular complexity index is 976. The van der Waals surface area contributed by atoms with Crippen LogP contribution in [0.2, 0.25) is 0 Å². The van der Waals surface area contributed by atoms with Crippen molar-refractivity contribution in [3.8, 4) is 0 Å². The minimum Gasteiger partial charge on any atom is -0.361 e. The highest BCUT2D eigenvalue weighted by molar-refractivity contribution is 7.88. The van der Waals surface area contributed by atoms with Crippen LogP contribution in [0.15, 0.2) is 22.9 Å². The number of thiophene rings is 1. The van der Waals surface area contributed by atoms with Crippen LogP contribution in [0.3, 0.4) is 0 Å². The summed E-state index contributed by atoms with van der Waals surface area (Å²) in [4.78, 5) is 17.7. The maximum absolute atomic E-state index is 13.6. The molecule has 0 atom stereocenters. The fourth-order valence-corrected chi connectivity index (χ4v) is 4.57. The highest BCUT2D eigenvalue weighted by atomic mass is 32.2. The van der Waals surface area contributed by atoms with Gasteiger partial charge in [0.25, 0.3) is 0 Å². The van der Waals surface area contributed by atoms with Gasteiger partial charge in [-0.05, 0) is 18.2 Å². The molecule has 2 aliphatic heterocycles. The lowest BCUT2D eigenvalue weighted by Crippen LogP contribution is -2.48. The van der Waals surface area contributed by atoms with Crippen LogP contribution in [0.4, 0.5) is 27.0 Å². The van der Waals surface area contributed by atoms with Crippen molar-refractivity contribution in [2.45, 2.75) is 12.1 Å². The Labute approximate surface area is 166 Å². The van der Waals surface area contributed by atoms with E-state index in [1.54, 1.807) is 6.07 Å². The molecule has 0 N–H and O–H groups in total. The summed E-state index contributed by atoms with van der Waals surface area (Å²) in [7, 11) is -3.31. The van der Waals surface area contributed by atoms with E-state index < -0.39 is 39.4 Å². The van der Waals surface area contributed by atoms with Gasteiger partial charge in [-0.3, -0.25) is 0 Å². The van der Waals surface area contributed by atoms with Crippen LogP contribution in [0.5, 0.6) is 0 Å². The number of alkyl halides is 5. The summed E-state index contributed by atoms with van der Waals surface area (Å²) in [6.45, 7) is 1.27. The molecule has 0 spiro atoms. The number of carbonyl (C=O) groups is 1. The zero-order chi connectivity index (χ0) is 21.6. The molecule has 0 saturated carbocycles. The predicted molar refractivity (Wildman–Crippen MR) is 95.5 cm³/mol. The summed E-state index contributed by atoms with van der Waals surface area (Å²) < 4.78 is 89.4. The Morgan fingerprint density at radius 2 is 1.76 bits per heavy atom. The molecule has 1 fully saturated rings. The van der Waals surface area contributed by atoms with E-state index >= 15 is 0 Å². The Hall–Kier alpha value is -2.06. The number of nitrogens with zero attached hydrogens (tertiary/aromatic N) is 3. The van der Waals surface area contributed by atoms with Gasteiger partial charge in [0.1, 0.15) is 0 Å². The molecule has 3 rings (SSSR count).